The van der Waals surface area contributed by atoms with Crippen LogP contribution in [0.4, 0.5) is 0 Å². The van der Waals surface area contributed by atoms with E-state index >= 15 is 0 Å². The zero-order valence-electron chi connectivity index (χ0n) is 21.8. The lowest BCUT2D eigenvalue weighted by Gasteiger charge is -2.09. The smallest absolute Gasteiger partial charge is 0.343 e. The summed E-state index contributed by atoms with van der Waals surface area (Å²) in [7, 11) is 0. The maximum atomic E-state index is 12.5. The molecule has 1 unspecified atom stereocenters. The summed E-state index contributed by atoms with van der Waals surface area (Å²) in [5.41, 5.74) is 3.16. The van der Waals surface area contributed by atoms with Crippen molar-refractivity contribution in [2.45, 2.75) is 45.1 Å². The first-order valence-electron chi connectivity index (χ1n) is 13.1. The largest absolute Gasteiger partial charge is 0.494 e. The Labute approximate surface area is 224 Å². The summed E-state index contributed by atoms with van der Waals surface area (Å²) in [5, 5.41) is 0. The molecule has 1 saturated heterocycles. The fourth-order valence-electron chi connectivity index (χ4n) is 3.81. The molecule has 6 nitrogen and oxygen atoms in total. The average molecular weight is 515 g/mol. The van der Waals surface area contributed by atoms with Crippen molar-refractivity contribution >= 4 is 11.8 Å². The van der Waals surface area contributed by atoms with E-state index in [0.717, 1.165) is 49.2 Å². The lowest BCUT2D eigenvalue weighted by molar-refractivity contribution is -0.115. The number of rotatable bonds is 15. The summed E-state index contributed by atoms with van der Waals surface area (Å²) >= 11 is 0. The van der Waals surface area contributed by atoms with Gasteiger partial charge in [-0.1, -0.05) is 43.7 Å². The van der Waals surface area contributed by atoms with Crippen molar-refractivity contribution in [1.82, 2.24) is 0 Å². The first kappa shape index (κ1) is 27.1. The molecule has 0 amide bonds. The highest BCUT2D eigenvalue weighted by atomic mass is 16.6. The lowest BCUT2D eigenvalue weighted by Crippen LogP contribution is -2.09. The van der Waals surface area contributed by atoms with Gasteiger partial charge >= 0.3 is 5.97 Å². The fourth-order valence-corrected chi connectivity index (χ4v) is 3.81. The Balaban J connectivity index is 1.18. The van der Waals surface area contributed by atoms with Crippen molar-refractivity contribution in [3.05, 3.63) is 90.5 Å². The number of allylic oxidation sites excluding steroid dienone is 1. The van der Waals surface area contributed by atoms with Gasteiger partial charge in [0, 0.05) is 6.42 Å². The molecule has 3 aromatic carbocycles. The third-order valence-corrected chi connectivity index (χ3v) is 6.22. The molecule has 0 radical (unpaired) electrons. The second-order valence-electron chi connectivity index (χ2n) is 9.45. The van der Waals surface area contributed by atoms with E-state index in [9.17, 15) is 9.59 Å². The maximum absolute atomic E-state index is 12.5. The quantitative estimate of drug-likeness (QED) is 0.0728. The van der Waals surface area contributed by atoms with Crippen LogP contribution in [0, 0.1) is 0 Å². The number of carbonyl (C=O) groups is 2. The minimum absolute atomic E-state index is 0.157. The summed E-state index contributed by atoms with van der Waals surface area (Å²) in [5.74, 6) is 1.74. The summed E-state index contributed by atoms with van der Waals surface area (Å²) in [6, 6.07) is 22.3. The van der Waals surface area contributed by atoms with E-state index in [1.54, 1.807) is 43.3 Å². The number of benzene rings is 3. The van der Waals surface area contributed by atoms with Crippen molar-refractivity contribution < 1.29 is 28.5 Å². The number of Topliss-reactive ketones (excluding diaryl/α,β-unsaturated/α-hetero) is 1. The van der Waals surface area contributed by atoms with Crippen LogP contribution in [-0.4, -0.2) is 37.7 Å². The third kappa shape index (κ3) is 8.60. The van der Waals surface area contributed by atoms with Crippen molar-refractivity contribution in [1.29, 1.82) is 0 Å². The van der Waals surface area contributed by atoms with E-state index < -0.39 is 5.97 Å². The molecular weight excluding hydrogens is 480 g/mol. The molecule has 0 bridgehead atoms. The number of carbonyl (C=O) groups excluding carboxylic acids is 2. The molecule has 0 N–H and O–H groups in total. The molecular formula is C32H34O6. The Morgan fingerprint density at radius 1 is 0.789 bits per heavy atom. The van der Waals surface area contributed by atoms with Gasteiger partial charge in [-0.2, -0.15) is 0 Å². The van der Waals surface area contributed by atoms with Crippen molar-refractivity contribution in [2.24, 2.45) is 0 Å². The maximum Gasteiger partial charge on any atom is 0.343 e. The highest BCUT2D eigenvalue weighted by Crippen LogP contribution is 2.25. The number of ether oxygens (including phenoxy) is 4. The molecule has 0 saturated carbocycles. The molecule has 1 atom stereocenters. The van der Waals surface area contributed by atoms with Crippen LogP contribution in [0.2, 0.25) is 0 Å². The van der Waals surface area contributed by atoms with E-state index in [4.69, 9.17) is 18.9 Å². The van der Waals surface area contributed by atoms with E-state index in [1.807, 2.05) is 36.4 Å². The predicted octanol–water partition coefficient (Wildman–Crippen LogP) is 6.82. The molecule has 3 aromatic rings. The van der Waals surface area contributed by atoms with Gasteiger partial charge in [-0.3, -0.25) is 4.79 Å². The molecule has 198 valence electrons. The van der Waals surface area contributed by atoms with Crippen molar-refractivity contribution in [3.8, 4) is 28.4 Å². The second-order valence-corrected chi connectivity index (χ2v) is 9.45. The van der Waals surface area contributed by atoms with Crippen LogP contribution in [0.15, 0.2) is 84.9 Å². The monoisotopic (exact) mass is 514 g/mol. The van der Waals surface area contributed by atoms with Crippen LogP contribution in [-0.2, 0) is 9.53 Å². The summed E-state index contributed by atoms with van der Waals surface area (Å²) < 4.78 is 22.1. The number of ketones is 1. The summed E-state index contributed by atoms with van der Waals surface area (Å²) in [6.07, 6.45) is 4.68. The Hall–Kier alpha value is -3.90. The van der Waals surface area contributed by atoms with Crippen LogP contribution in [0.1, 0.15) is 49.4 Å². The zero-order chi connectivity index (χ0) is 26.7. The minimum Gasteiger partial charge on any atom is -0.494 e. The van der Waals surface area contributed by atoms with Gasteiger partial charge in [-0.25, -0.2) is 4.79 Å². The molecule has 0 spiro atoms. The Morgan fingerprint density at radius 2 is 1.34 bits per heavy atom. The van der Waals surface area contributed by atoms with Gasteiger partial charge in [-0.05, 0) is 85.0 Å². The molecule has 1 heterocycles. The number of esters is 1. The number of hydrogen-bond donors (Lipinski definition) is 0. The zero-order valence-corrected chi connectivity index (χ0v) is 21.8. The van der Waals surface area contributed by atoms with Crippen LogP contribution >= 0.6 is 0 Å². The normalized spacial score (nSPS) is 14.0. The fraction of sp³-hybridized carbons (Fsp3) is 0.312. The molecule has 4 rings (SSSR count). The molecule has 1 aliphatic rings. The van der Waals surface area contributed by atoms with E-state index in [2.05, 4.69) is 6.58 Å². The Bertz CT molecular complexity index is 1210. The van der Waals surface area contributed by atoms with Gasteiger partial charge < -0.3 is 18.9 Å². The van der Waals surface area contributed by atoms with Gasteiger partial charge in [0.05, 0.1) is 18.8 Å². The van der Waals surface area contributed by atoms with Crippen LogP contribution < -0.4 is 14.2 Å². The lowest BCUT2D eigenvalue weighted by atomic mass is 10.1. The van der Waals surface area contributed by atoms with Crippen LogP contribution in [0.25, 0.3) is 11.1 Å². The Morgan fingerprint density at radius 3 is 1.95 bits per heavy atom. The van der Waals surface area contributed by atoms with Gasteiger partial charge in [0.15, 0.2) is 5.78 Å². The average Bonchev–Trinajstić information content (AvgIpc) is 3.77. The molecule has 0 aliphatic carbocycles. The van der Waals surface area contributed by atoms with E-state index in [0.29, 0.717) is 42.3 Å². The van der Waals surface area contributed by atoms with Gasteiger partial charge in [0.1, 0.15) is 30.0 Å². The molecule has 1 fully saturated rings. The highest BCUT2D eigenvalue weighted by Gasteiger charge is 2.23. The highest BCUT2D eigenvalue weighted by molar-refractivity contribution is 5.94. The molecule has 38 heavy (non-hydrogen) atoms. The first-order chi connectivity index (χ1) is 18.5. The van der Waals surface area contributed by atoms with Crippen molar-refractivity contribution in [3.63, 3.8) is 0 Å². The predicted molar refractivity (Wildman–Crippen MR) is 147 cm³/mol. The molecule has 6 heteroatoms. The topological polar surface area (TPSA) is 74.4 Å². The van der Waals surface area contributed by atoms with E-state index in [1.165, 1.54) is 0 Å². The summed E-state index contributed by atoms with van der Waals surface area (Å²) in [4.78, 5) is 24.0. The summed E-state index contributed by atoms with van der Waals surface area (Å²) in [6.45, 7) is 7.36. The first-order valence-corrected chi connectivity index (χ1v) is 13.1. The van der Waals surface area contributed by atoms with Gasteiger partial charge in [0.25, 0.3) is 0 Å². The standard InChI is InChI=1S/C32H34O6/c1-23(2)31(33)7-5-3-4-6-20-35-27-14-8-24(9-15-27)25-10-18-29(19-11-25)38-32(34)26-12-16-28(17-13-26)36-21-30-22-37-30/h8-19,30H,1,3-7,20-22H2,2H3. The number of unbranched alkanes of at least 4 members (excludes halogenated alkanes) is 3. The number of hydrogen-bond acceptors (Lipinski definition) is 6. The second kappa shape index (κ2) is 13.6. The van der Waals surface area contributed by atoms with Crippen LogP contribution in [0.3, 0.4) is 0 Å². The third-order valence-electron chi connectivity index (χ3n) is 6.22. The van der Waals surface area contributed by atoms with Gasteiger partial charge in [0.2, 0.25) is 0 Å². The van der Waals surface area contributed by atoms with Crippen LogP contribution in [0.5, 0.6) is 17.2 Å². The molecule has 0 aromatic heterocycles. The Kier molecular flexibility index (Phi) is 9.71. The molecule has 1 aliphatic heterocycles. The van der Waals surface area contributed by atoms with Crippen molar-refractivity contribution in [2.75, 3.05) is 19.8 Å². The SMILES string of the molecule is C=C(C)C(=O)CCCCCCOc1ccc(-c2ccc(OC(=O)c3ccc(OCC4CO4)cc3)cc2)cc1. The number of epoxide rings is 1. The van der Waals surface area contributed by atoms with Gasteiger partial charge in [-0.15, -0.1) is 0 Å². The van der Waals surface area contributed by atoms with E-state index in [-0.39, 0.29) is 11.9 Å². The minimum atomic E-state index is -0.420.